The second-order valence-electron chi connectivity index (χ2n) is 6.23. The van der Waals surface area contributed by atoms with Crippen LogP contribution in [0.4, 0.5) is 0 Å². The fourth-order valence-electron chi connectivity index (χ4n) is 3.42. The van der Waals surface area contributed by atoms with Gasteiger partial charge >= 0.3 is 0 Å². The molecule has 2 heteroatoms. The minimum atomic E-state index is 0.917. The van der Waals surface area contributed by atoms with Gasteiger partial charge in [-0.1, -0.05) is 31.2 Å². The van der Waals surface area contributed by atoms with Gasteiger partial charge in [0.05, 0.1) is 0 Å². The van der Waals surface area contributed by atoms with Crippen molar-refractivity contribution in [2.45, 2.75) is 20.3 Å². The van der Waals surface area contributed by atoms with Gasteiger partial charge < -0.3 is 8.83 Å². The molecule has 0 spiro atoms. The van der Waals surface area contributed by atoms with E-state index in [-0.39, 0.29) is 0 Å². The quantitative estimate of drug-likeness (QED) is 0.360. The third-order valence-electron chi connectivity index (χ3n) is 4.69. The fraction of sp³-hybridized carbons (Fsp3) is 0.143. The van der Waals surface area contributed by atoms with Crippen LogP contribution in [0.2, 0.25) is 0 Å². The first-order valence-electron chi connectivity index (χ1n) is 8.01. The van der Waals surface area contributed by atoms with Crippen LogP contribution in [0.3, 0.4) is 0 Å². The third kappa shape index (κ3) is 1.75. The molecule has 0 saturated carbocycles. The van der Waals surface area contributed by atoms with Gasteiger partial charge in [0, 0.05) is 21.5 Å². The number of hydrogen-bond donors (Lipinski definition) is 0. The molecule has 112 valence electrons. The lowest BCUT2D eigenvalue weighted by Gasteiger charge is -1.94. The lowest BCUT2D eigenvalue weighted by atomic mass is 10.1. The molecular formula is C21H16O2. The van der Waals surface area contributed by atoms with E-state index in [1.807, 2.05) is 0 Å². The summed E-state index contributed by atoms with van der Waals surface area (Å²) in [5.74, 6) is 0. The zero-order valence-electron chi connectivity index (χ0n) is 13.1. The average Bonchev–Trinajstić information content (AvgIpc) is 3.08. The zero-order chi connectivity index (χ0) is 15.6. The van der Waals surface area contributed by atoms with Crippen LogP contribution >= 0.6 is 0 Å². The average molecular weight is 300 g/mol. The Bertz CT molecular complexity index is 1200. The van der Waals surface area contributed by atoms with Gasteiger partial charge in [-0.25, -0.2) is 0 Å². The second-order valence-corrected chi connectivity index (χ2v) is 6.23. The predicted molar refractivity (Wildman–Crippen MR) is 95.1 cm³/mol. The van der Waals surface area contributed by atoms with Gasteiger partial charge in [-0.15, -0.1) is 0 Å². The molecule has 0 atom stereocenters. The van der Waals surface area contributed by atoms with Crippen molar-refractivity contribution in [3.63, 3.8) is 0 Å². The summed E-state index contributed by atoms with van der Waals surface area (Å²) in [5, 5.41) is 4.52. The number of benzene rings is 3. The molecule has 2 heterocycles. The summed E-state index contributed by atoms with van der Waals surface area (Å²) in [6, 6.07) is 17.0. The highest BCUT2D eigenvalue weighted by Crippen LogP contribution is 2.36. The Hall–Kier alpha value is -2.74. The van der Waals surface area contributed by atoms with E-state index in [0.717, 1.165) is 50.3 Å². The largest absolute Gasteiger partial charge is 0.456 e. The van der Waals surface area contributed by atoms with Crippen LogP contribution in [0.25, 0.3) is 43.9 Å². The Morgan fingerprint density at radius 3 is 1.87 bits per heavy atom. The molecule has 5 rings (SSSR count). The molecule has 0 saturated heterocycles. The van der Waals surface area contributed by atoms with E-state index in [4.69, 9.17) is 8.83 Å². The van der Waals surface area contributed by atoms with Gasteiger partial charge in [0.25, 0.3) is 0 Å². The standard InChI is InChI=1S/C21H16O2/c1-3-13-5-7-15-17-11-20-16(10-21(17)23-19(15)9-13)14-6-4-12(2)8-18(14)22-20/h4-11H,3H2,1-2H3. The van der Waals surface area contributed by atoms with E-state index in [2.05, 4.69) is 62.4 Å². The van der Waals surface area contributed by atoms with Crippen molar-refractivity contribution in [1.29, 1.82) is 0 Å². The lowest BCUT2D eigenvalue weighted by molar-refractivity contribution is 0.663. The Morgan fingerprint density at radius 2 is 1.22 bits per heavy atom. The minimum Gasteiger partial charge on any atom is -0.456 e. The van der Waals surface area contributed by atoms with Crippen molar-refractivity contribution in [2.24, 2.45) is 0 Å². The molecule has 0 radical (unpaired) electrons. The Kier molecular flexibility index (Phi) is 2.44. The Morgan fingerprint density at radius 1 is 0.652 bits per heavy atom. The highest BCUT2D eigenvalue weighted by Gasteiger charge is 2.13. The van der Waals surface area contributed by atoms with Crippen molar-refractivity contribution in [2.75, 3.05) is 0 Å². The predicted octanol–water partition coefficient (Wildman–Crippen LogP) is 6.36. The van der Waals surface area contributed by atoms with Crippen molar-refractivity contribution in [3.05, 3.63) is 59.7 Å². The first-order chi connectivity index (χ1) is 11.2. The van der Waals surface area contributed by atoms with Gasteiger partial charge in [0.2, 0.25) is 0 Å². The van der Waals surface area contributed by atoms with Crippen molar-refractivity contribution >= 4 is 43.9 Å². The summed E-state index contributed by atoms with van der Waals surface area (Å²) in [7, 11) is 0. The van der Waals surface area contributed by atoms with Gasteiger partial charge in [-0.3, -0.25) is 0 Å². The topological polar surface area (TPSA) is 26.3 Å². The van der Waals surface area contributed by atoms with Crippen LogP contribution in [0.1, 0.15) is 18.1 Å². The van der Waals surface area contributed by atoms with Crippen LogP contribution in [0.5, 0.6) is 0 Å². The molecule has 2 aromatic heterocycles. The van der Waals surface area contributed by atoms with Crippen LogP contribution in [-0.2, 0) is 6.42 Å². The normalized spacial score (nSPS) is 12.1. The van der Waals surface area contributed by atoms with Crippen LogP contribution < -0.4 is 0 Å². The SMILES string of the molecule is CCc1ccc2c(c1)oc1cc3c(cc12)oc1cc(C)ccc13. The zero-order valence-corrected chi connectivity index (χ0v) is 13.1. The smallest absolute Gasteiger partial charge is 0.136 e. The summed E-state index contributed by atoms with van der Waals surface area (Å²) in [4.78, 5) is 0. The van der Waals surface area contributed by atoms with Gasteiger partial charge in [-0.05, 0) is 48.7 Å². The molecule has 0 bridgehead atoms. The fourth-order valence-corrected chi connectivity index (χ4v) is 3.42. The maximum absolute atomic E-state index is 6.10. The van der Waals surface area contributed by atoms with Crippen molar-refractivity contribution in [1.82, 2.24) is 0 Å². The highest BCUT2D eigenvalue weighted by molar-refractivity contribution is 6.14. The van der Waals surface area contributed by atoms with E-state index in [0.29, 0.717) is 0 Å². The molecule has 0 aliphatic rings. The monoisotopic (exact) mass is 300 g/mol. The van der Waals surface area contributed by atoms with Crippen molar-refractivity contribution < 1.29 is 8.83 Å². The maximum Gasteiger partial charge on any atom is 0.136 e. The Balaban J connectivity index is 1.91. The molecule has 3 aromatic carbocycles. The van der Waals surface area contributed by atoms with E-state index in [9.17, 15) is 0 Å². The van der Waals surface area contributed by atoms with Crippen molar-refractivity contribution in [3.8, 4) is 0 Å². The molecule has 23 heavy (non-hydrogen) atoms. The molecule has 0 unspecified atom stereocenters. The molecule has 0 N–H and O–H groups in total. The lowest BCUT2D eigenvalue weighted by Crippen LogP contribution is -1.77. The van der Waals surface area contributed by atoms with E-state index >= 15 is 0 Å². The first kappa shape index (κ1) is 12.8. The number of hydrogen-bond acceptors (Lipinski definition) is 2. The molecule has 0 aliphatic carbocycles. The Labute approximate surface area is 133 Å². The molecular weight excluding hydrogens is 284 g/mol. The number of fused-ring (bicyclic) bond motifs is 6. The summed E-state index contributed by atoms with van der Waals surface area (Å²) in [6.45, 7) is 4.24. The minimum absolute atomic E-state index is 0.917. The van der Waals surface area contributed by atoms with E-state index in [1.54, 1.807) is 0 Å². The molecule has 0 amide bonds. The molecule has 2 nitrogen and oxygen atoms in total. The molecule has 0 aliphatic heterocycles. The van der Waals surface area contributed by atoms with E-state index in [1.165, 1.54) is 11.1 Å². The molecule has 0 fully saturated rings. The summed E-state index contributed by atoms with van der Waals surface area (Å²) >= 11 is 0. The summed E-state index contributed by atoms with van der Waals surface area (Å²) in [6.07, 6.45) is 1.01. The van der Waals surface area contributed by atoms with Crippen LogP contribution in [-0.4, -0.2) is 0 Å². The summed E-state index contributed by atoms with van der Waals surface area (Å²) < 4.78 is 12.2. The number of rotatable bonds is 1. The van der Waals surface area contributed by atoms with Gasteiger partial charge in [-0.2, -0.15) is 0 Å². The van der Waals surface area contributed by atoms with Crippen LogP contribution in [0, 0.1) is 6.92 Å². The highest BCUT2D eigenvalue weighted by atomic mass is 16.3. The van der Waals surface area contributed by atoms with Gasteiger partial charge in [0.15, 0.2) is 0 Å². The number of furan rings is 2. The first-order valence-corrected chi connectivity index (χ1v) is 8.01. The summed E-state index contributed by atoms with van der Waals surface area (Å²) in [5.41, 5.74) is 6.22. The van der Waals surface area contributed by atoms with E-state index < -0.39 is 0 Å². The third-order valence-corrected chi connectivity index (χ3v) is 4.69. The number of aryl methyl sites for hydroxylation is 2. The second kappa shape index (κ2) is 4.39. The molecule has 5 aromatic rings. The maximum atomic E-state index is 6.10. The van der Waals surface area contributed by atoms with Gasteiger partial charge in [0.1, 0.15) is 22.3 Å². The van der Waals surface area contributed by atoms with Crippen LogP contribution in [0.15, 0.2) is 57.4 Å².